The number of amides is 1. The summed E-state index contributed by atoms with van der Waals surface area (Å²) in [7, 11) is 1.71. The summed E-state index contributed by atoms with van der Waals surface area (Å²) < 4.78 is 6.72. The van der Waals surface area contributed by atoms with Crippen molar-refractivity contribution in [1.82, 2.24) is 19.9 Å². The van der Waals surface area contributed by atoms with Gasteiger partial charge >= 0.3 is 0 Å². The van der Waals surface area contributed by atoms with Gasteiger partial charge in [-0.25, -0.2) is 0 Å². The minimum atomic E-state index is -0.542. The third kappa shape index (κ3) is 3.78. The van der Waals surface area contributed by atoms with Gasteiger partial charge in [0.1, 0.15) is 5.56 Å². The van der Waals surface area contributed by atoms with Crippen LogP contribution in [0.5, 0.6) is 0 Å². The Labute approximate surface area is 138 Å². The lowest BCUT2D eigenvalue weighted by atomic mass is 10.1. The highest BCUT2D eigenvalue weighted by atomic mass is 16.5. The second-order valence-electron chi connectivity index (χ2n) is 5.37. The molecule has 0 unspecified atom stereocenters. The van der Waals surface area contributed by atoms with E-state index in [4.69, 9.17) is 10.3 Å². The van der Waals surface area contributed by atoms with E-state index in [0.29, 0.717) is 29.5 Å². The number of aryl methyl sites for hydroxylation is 3. The second kappa shape index (κ2) is 6.95. The van der Waals surface area contributed by atoms with E-state index in [0.717, 1.165) is 6.42 Å². The van der Waals surface area contributed by atoms with Crippen LogP contribution < -0.4 is 11.1 Å². The first-order chi connectivity index (χ1) is 11.6. The van der Waals surface area contributed by atoms with E-state index in [9.17, 15) is 4.79 Å². The Morgan fingerprint density at radius 2 is 2.08 bits per heavy atom. The molecule has 24 heavy (non-hydrogen) atoms. The number of rotatable bonds is 7. The van der Waals surface area contributed by atoms with Crippen LogP contribution in [-0.2, 0) is 26.4 Å². The summed E-state index contributed by atoms with van der Waals surface area (Å²) in [5.74, 6) is 0.930. The number of hydrogen-bond acceptors (Lipinski definition) is 6. The Bertz CT molecular complexity index is 824. The molecule has 3 N–H and O–H groups in total. The van der Waals surface area contributed by atoms with Crippen LogP contribution >= 0.6 is 0 Å². The van der Waals surface area contributed by atoms with Crippen LogP contribution in [0.3, 0.4) is 0 Å². The molecule has 0 spiro atoms. The zero-order chi connectivity index (χ0) is 16.9. The first-order valence-corrected chi connectivity index (χ1v) is 7.54. The second-order valence-corrected chi connectivity index (χ2v) is 5.37. The van der Waals surface area contributed by atoms with Gasteiger partial charge in [0.2, 0.25) is 5.89 Å². The summed E-state index contributed by atoms with van der Waals surface area (Å²) in [6.07, 6.45) is 3.10. The molecule has 3 aromatic rings. The van der Waals surface area contributed by atoms with Crippen molar-refractivity contribution in [3.05, 3.63) is 59.4 Å². The number of hydrogen-bond donors (Lipinski definition) is 2. The maximum absolute atomic E-state index is 11.3. The topological polar surface area (TPSA) is 112 Å². The summed E-state index contributed by atoms with van der Waals surface area (Å²) in [5.41, 5.74) is 6.86. The van der Waals surface area contributed by atoms with E-state index in [-0.39, 0.29) is 6.54 Å². The Kier molecular flexibility index (Phi) is 4.55. The predicted octanol–water partition coefficient (Wildman–Crippen LogP) is 1.30. The van der Waals surface area contributed by atoms with Gasteiger partial charge in [0.05, 0.1) is 6.54 Å². The quantitative estimate of drug-likeness (QED) is 0.677. The van der Waals surface area contributed by atoms with Crippen molar-refractivity contribution in [2.75, 3.05) is 5.32 Å². The smallest absolute Gasteiger partial charge is 0.254 e. The average molecular weight is 326 g/mol. The number of carbonyl (C=O) groups is 1. The third-order valence-corrected chi connectivity index (χ3v) is 3.49. The number of aromatic nitrogens is 4. The molecule has 0 atom stereocenters. The third-order valence-electron chi connectivity index (χ3n) is 3.49. The minimum absolute atomic E-state index is 0.273. The highest BCUT2D eigenvalue weighted by Crippen LogP contribution is 2.13. The molecule has 0 radical (unpaired) electrons. The van der Waals surface area contributed by atoms with Crippen LogP contribution in [0.2, 0.25) is 0 Å². The SMILES string of the molecule is Cn1cc(C(N)=O)c(NCc2nc(CCc3ccccc3)no2)n1. The summed E-state index contributed by atoms with van der Waals surface area (Å²) in [6, 6.07) is 10.1. The monoisotopic (exact) mass is 326 g/mol. The van der Waals surface area contributed by atoms with Gasteiger partial charge in [-0.3, -0.25) is 9.48 Å². The zero-order valence-electron chi connectivity index (χ0n) is 13.3. The molecule has 1 aromatic carbocycles. The van der Waals surface area contributed by atoms with E-state index in [1.54, 1.807) is 13.2 Å². The highest BCUT2D eigenvalue weighted by molar-refractivity contribution is 5.97. The Balaban J connectivity index is 1.57. The van der Waals surface area contributed by atoms with Gasteiger partial charge in [-0.1, -0.05) is 35.5 Å². The number of anilines is 1. The van der Waals surface area contributed by atoms with Crippen molar-refractivity contribution in [2.45, 2.75) is 19.4 Å². The van der Waals surface area contributed by atoms with Crippen molar-refractivity contribution >= 4 is 11.7 Å². The molecule has 0 saturated carbocycles. The van der Waals surface area contributed by atoms with Crippen LogP contribution in [0.25, 0.3) is 0 Å². The molecule has 0 bridgehead atoms. The van der Waals surface area contributed by atoms with Gasteiger partial charge in [-0.05, 0) is 12.0 Å². The van der Waals surface area contributed by atoms with Gasteiger partial charge in [0, 0.05) is 19.7 Å². The molecule has 124 valence electrons. The molecule has 3 rings (SSSR count). The van der Waals surface area contributed by atoms with Crippen LogP contribution in [0, 0.1) is 0 Å². The Morgan fingerprint density at radius 1 is 1.29 bits per heavy atom. The highest BCUT2D eigenvalue weighted by Gasteiger charge is 2.14. The molecule has 0 fully saturated rings. The minimum Gasteiger partial charge on any atom is -0.365 e. The molecule has 0 aliphatic carbocycles. The Hall–Kier alpha value is -3.16. The van der Waals surface area contributed by atoms with Gasteiger partial charge in [0.15, 0.2) is 11.6 Å². The fourth-order valence-corrected chi connectivity index (χ4v) is 2.32. The lowest BCUT2D eigenvalue weighted by Crippen LogP contribution is -2.13. The molecular formula is C16H18N6O2. The number of nitrogens with one attached hydrogen (secondary N) is 1. The first kappa shape index (κ1) is 15.7. The van der Waals surface area contributed by atoms with Gasteiger partial charge in [-0.15, -0.1) is 0 Å². The molecular weight excluding hydrogens is 308 g/mol. The number of primary amides is 1. The average Bonchev–Trinajstić information content (AvgIpc) is 3.18. The number of carbonyl (C=O) groups excluding carboxylic acids is 1. The normalized spacial score (nSPS) is 10.7. The van der Waals surface area contributed by atoms with E-state index < -0.39 is 5.91 Å². The molecule has 0 saturated heterocycles. The number of nitrogens with zero attached hydrogens (tertiary/aromatic N) is 4. The maximum atomic E-state index is 11.3. The van der Waals surface area contributed by atoms with Crippen LogP contribution in [-0.4, -0.2) is 25.8 Å². The summed E-state index contributed by atoms with van der Waals surface area (Å²) in [6.45, 7) is 0.273. The first-order valence-electron chi connectivity index (χ1n) is 7.54. The van der Waals surface area contributed by atoms with E-state index >= 15 is 0 Å². The Morgan fingerprint density at radius 3 is 2.83 bits per heavy atom. The molecule has 2 aromatic heterocycles. The standard InChI is InChI=1S/C16H18N6O2/c1-22-10-12(15(17)23)16(20-22)18-9-14-19-13(21-24-14)8-7-11-5-3-2-4-6-11/h2-6,10H,7-9H2,1H3,(H2,17,23)(H,18,20). The van der Waals surface area contributed by atoms with Crippen molar-refractivity contribution in [2.24, 2.45) is 12.8 Å². The molecule has 1 amide bonds. The van der Waals surface area contributed by atoms with E-state index in [2.05, 4.69) is 32.7 Å². The van der Waals surface area contributed by atoms with Crippen molar-refractivity contribution in [1.29, 1.82) is 0 Å². The molecule has 8 nitrogen and oxygen atoms in total. The van der Waals surface area contributed by atoms with E-state index in [1.807, 2.05) is 18.2 Å². The summed E-state index contributed by atoms with van der Waals surface area (Å²) >= 11 is 0. The summed E-state index contributed by atoms with van der Waals surface area (Å²) in [4.78, 5) is 15.7. The maximum Gasteiger partial charge on any atom is 0.254 e. The number of benzene rings is 1. The molecule has 0 aliphatic heterocycles. The molecule has 0 aliphatic rings. The van der Waals surface area contributed by atoms with Gasteiger partial charge in [-0.2, -0.15) is 10.1 Å². The molecule has 8 heteroatoms. The largest absolute Gasteiger partial charge is 0.365 e. The fraction of sp³-hybridized carbons (Fsp3) is 0.250. The number of nitrogens with two attached hydrogens (primary N) is 1. The van der Waals surface area contributed by atoms with Crippen LogP contribution in [0.15, 0.2) is 41.1 Å². The van der Waals surface area contributed by atoms with Crippen LogP contribution in [0.4, 0.5) is 5.82 Å². The van der Waals surface area contributed by atoms with Gasteiger partial charge in [0.25, 0.3) is 5.91 Å². The fourth-order valence-electron chi connectivity index (χ4n) is 2.32. The lowest BCUT2D eigenvalue weighted by molar-refractivity contribution is 0.100. The van der Waals surface area contributed by atoms with E-state index in [1.165, 1.54) is 10.2 Å². The van der Waals surface area contributed by atoms with Crippen molar-refractivity contribution < 1.29 is 9.32 Å². The zero-order valence-corrected chi connectivity index (χ0v) is 13.3. The van der Waals surface area contributed by atoms with Crippen molar-refractivity contribution in [3.63, 3.8) is 0 Å². The predicted molar refractivity (Wildman–Crippen MR) is 87.2 cm³/mol. The lowest BCUT2D eigenvalue weighted by Gasteiger charge is -2.00. The summed E-state index contributed by atoms with van der Waals surface area (Å²) in [5, 5.41) is 11.1. The molecule has 2 heterocycles. The van der Waals surface area contributed by atoms with Gasteiger partial charge < -0.3 is 15.6 Å². The van der Waals surface area contributed by atoms with Crippen molar-refractivity contribution in [3.8, 4) is 0 Å². The van der Waals surface area contributed by atoms with Crippen LogP contribution in [0.1, 0.15) is 27.6 Å².